The van der Waals surface area contributed by atoms with E-state index < -0.39 is 11.8 Å². The zero-order chi connectivity index (χ0) is 22.0. The fourth-order valence-corrected chi connectivity index (χ4v) is 3.00. The lowest BCUT2D eigenvalue weighted by Gasteiger charge is -2.25. The van der Waals surface area contributed by atoms with Crippen molar-refractivity contribution in [1.29, 1.82) is 0 Å². The molecule has 2 aromatic carbocycles. The molecule has 0 heterocycles. The molecule has 6 heteroatoms. The summed E-state index contributed by atoms with van der Waals surface area (Å²) in [5, 5.41) is 5.36. The maximum absolute atomic E-state index is 12.2. The Hall–Kier alpha value is -2.86. The second-order valence-electron chi connectivity index (χ2n) is 8.49. The molecule has 2 rings (SSSR count). The zero-order valence-corrected chi connectivity index (χ0v) is 18.4. The van der Waals surface area contributed by atoms with Crippen molar-refractivity contribution < 1.29 is 14.3 Å². The summed E-state index contributed by atoms with van der Waals surface area (Å²) in [6.45, 7) is 6.13. The normalized spacial score (nSPS) is 11.2. The number of rotatable bonds is 10. The molecule has 0 aromatic heterocycles. The number of nitrogens with one attached hydrogen (secondary N) is 2. The standard InChI is InChI=1S/C24H33N3O3/c1-24(2,17-19-9-6-5-7-10-19)18-25-22(28)23(29)26-20-11-13-21(14-12-20)30-16-8-15-27(3)4/h5-7,9-14H,8,15-18H2,1-4H3,(H,25,28)(H,26,29). The second-order valence-corrected chi connectivity index (χ2v) is 8.49. The lowest BCUT2D eigenvalue weighted by molar-refractivity contribution is -0.136. The Morgan fingerprint density at radius 1 is 0.967 bits per heavy atom. The van der Waals surface area contributed by atoms with Gasteiger partial charge in [0.15, 0.2) is 0 Å². The molecule has 162 valence electrons. The lowest BCUT2D eigenvalue weighted by Crippen LogP contribution is -2.41. The van der Waals surface area contributed by atoms with Crippen molar-refractivity contribution in [3.05, 3.63) is 60.2 Å². The van der Waals surface area contributed by atoms with Crippen molar-refractivity contribution >= 4 is 17.5 Å². The number of nitrogens with zero attached hydrogens (tertiary/aromatic N) is 1. The maximum atomic E-state index is 12.2. The Morgan fingerprint density at radius 2 is 1.63 bits per heavy atom. The Morgan fingerprint density at radius 3 is 2.27 bits per heavy atom. The van der Waals surface area contributed by atoms with Gasteiger partial charge in [0.2, 0.25) is 0 Å². The van der Waals surface area contributed by atoms with Gasteiger partial charge in [0.1, 0.15) is 5.75 Å². The number of hydrogen-bond acceptors (Lipinski definition) is 4. The fraction of sp³-hybridized carbons (Fsp3) is 0.417. The van der Waals surface area contributed by atoms with Gasteiger partial charge in [-0.2, -0.15) is 0 Å². The lowest BCUT2D eigenvalue weighted by atomic mass is 9.85. The highest BCUT2D eigenvalue weighted by molar-refractivity contribution is 6.39. The molecule has 0 aliphatic heterocycles. The van der Waals surface area contributed by atoms with E-state index in [1.165, 1.54) is 5.56 Å². The van der Waals surface area contributed by atoms with Crippen LogP contribution in [0, 0.1) is 5.41 Å². The molecule has 0 saturated carbocycles. The van der Waals surface area contributed by atoms with Crippen molar-refractivity contribution in [2.45, 2.75) is 26.7 Å². The van der Waals surface area contributed by atoms with Gasteiger partial charge < -0.3 is 20.3 Å². The van der Waals surface area contributed by atoms with E-state index >= 15 is 0 Å². The fourth-order valence-electron chi connectivity index (χ4n) is 3.00. The predicted molar refractivity (Wildman–Crippen MR) is 121 cm³/mol. The molecule has 2 N–H and O–H groups in total. The minimum Gasteiger partial charge on any atom is -0.494 e. The first-order valence-electron chi connectivity index (χ1n) is 10.3. The van der Waals surface area contributed by atoms with Crippen molar-refractivity contribution in [3.63, 3.8) is 0 Å². The summed E-state index contributed by atoms with van der Waals surface area (Å²) in [7, 11) is 4.05. The number of carbonyl (C=O) groups is 2. The molecule has 0 fully saturated rings. The summed E-state index contributed by atoms with van der Waals surface area (Å²) in [6, 6.07) is 17.1. The maximum Gasteiger partial charge on any atom is 0.313 e. The molecule has 0 spiro atoms. The smallest absolute Gasteiger partial charge is 0.313 e. The van der Waals surface area contributed by atoms with Crippen LogP contribution in [0.25, 0.3) is 0 Å². The van der Waals surface area contributed by atoms with Gasteiger partial charge >= 0.3 is 11.8 Å². The molecule has 30 heavy (non-hydrogen) atoms. The van der Waals surface area contributed by atoms with Gasteiger partial charge in [0.05, 0.1) is 6.61 Å². The molecule has 2 aromatic rings. The Labute approximate surface area is 179 Å². The van der Waals surface area contributed by atoms with Crippen molar-refractivity contribution in [2.75, 3.05) is 39.1 Å². The molecule has 0 saturated heterocycles. The molecule has 0 unspecified atom stereocenters. The topological polar surface area (TPSA) is 70.7 Å². The minimum atomic E-state index is -0.676. The average molecular weight is 412 g/mol. The van der Waals surface area contributed by atoms with Gasteiger partial charge in [0, 0.05) is 18.8 Å². The number of amides is 2. The van der Waals surface area contributed by atoms with Crippen molar-refractivity contribution in [1.82, 2.24) is 10.2 Å². The van der Waals surface area contributed by atoms with E-state index in [0.29, 0.717) is 18.8 Å². The van der Waals surface area contributed by atoms with Gasteiger partial charge in [-0.3, -0.25) is 9.59 Å². The zero-order valence-electron chi connectivity index (χ0n) is 18.4. The average Bonchev–Trinajstić information content (AvgIpc) is 2.71. The van der Waals surface area contributed by atoms with Crippen LogP contribution in [0.15, 0.2) is 54.6 Å². The van der Waals surface area contributed by atoms with E-state index in [-0.39, 0.29) is 5.41 Å². The summed E-state index contributed by atoms with van der Waals surface area (Å²) in [6.07, 6.45) is 1.75. The van der Waals surface area contributed by atoms with E-state index in [0.717, 1.165) is 25.1 Å². The van der Waals surface area contributed by atoms with Crippen LogP contribution >= 0.6 is 0 Å². The molecular formula is C24H33N3O3. The summed E-state index contributed by atoms with van der Waals surface area (Å²) >= 11 is 0. The summed E-state index contributed by atoms with van der Waals surface area (Å²) in [4.78, 5) is 26.5. The molecular weight excluding hydrogens is 378 g/mol. The van der Waals surface area contributed by atoms with Crippen LogP contribution < -0.4 is 15.4 Å². The largest absolute Gasteiger partial charge is 0.494 e. The van der Waals surface area contributed by atoms with Gasteiger partial charge in [0.25, 0.3) is 0 Å². The van der Waals surface area contributed by atoms with E-state index in [1.807, 2.05) is 32.3 Å². The van der Waals surface area contributed by atoms with Crippen LogP contribution in [0.4, 0.5) is 5.69 Å². The Kier molecular flexibility index (Phi) is 8.87. The van der Waals surface area contributed by atoms with Crippen LogP contribution in [0.2, 0.25) is 0 Å². The minimum absolute atomic E-state index is 0.164. The Balaban J connectivity index is 1.76. The Bertz CT molecular complexity index is 802. The van der Waals surface area contributed by atoms with E-state index in [4.69, 9.17) is 4.74 Å². The first kappa shape index (κ1) is 23.4. The molecule has 0 atom stereocenters. The molecule has 0 radical (unpaired) electrons. The highest BCUT2D eigenvalue weighted by Crippen LogP contribution is 2.21. The molecule has 0 aliphatic carbocycles. The van der Waals surface area contributed by atoms with Gasteiger partial charge in [-0.1, -0.05) is 44.2 Å². The van der Waals surface area contributed by atoms with Crippen LogP contribution in [-0.4, -0.2) is 50.5 Å². The second kappa shape index (κ2) is 11.4. The number of ether oxygens (including phenoxy) is 1. The highest BCUT2D eigenvalue weighted by atomic mass is 16.5. The number of carbonyl (C=O) groups excluding carboxylic acids is 2. The first-order chi connectivity index (χ1) is 14.2. The van der Waals surface area contributed by atoms with E-state index in [9.17, 15) is 9.59 Å². The summed E-state index contributed by atoms with van der Waals surface area (Å²) in [5.74, 6) is -0.579. The van der Waals surface area contributed by atoms with Crippen LogP contribution in [0.3, 0.4) is 0 Å². The highest BCUT2D eigenvalue weighted by Gasteiger charge is 2.22. The van der Waals surface area contributed by atoms with Crippen LogP contribution in [0.1, 0.15) is 25.8 Å². The third-order valence-corrected chi connectivity index (χ3v) is 4.59. The summed E-state index contributed by atoms with van der Waals surface area (Å²) < 4.78 is 5.67. The monoisotopic (exact) mass is 411 g/mol. The molecule has 0 aliphatic rings. The molecule has 0 bridgehead atoms. The third-order valence-electron chi connectivity index (χ3n) is 4.59. The van der Waals surface area contributed by atoms with E-state index in [1.54, 1.807) is 24.3 Å². The third kappa shape index (κ3) is 8.66. The first-order valence-corrected chi connectivity index (χ1v) is 10.3. The molecule has 2 amide bonds. The van der Waals surface area contributed by atoms with Crippen molar-refractivity contribution in [3.8, 4) is 5.75 Å². The number of hydrogen-bond donors (Lipinski definition) is 2. The van der Waals surface area contributed by atoms with Crippen LogP contribution in [0.5, 0.6) is 5.75 Å². The number of benzene rings is 2. The van der Waals surface area contributed by atoms with Gasteiger partial charge in [-0.05, 0) is 62.2 Å². The van der Waals surface area contributed by atoms with Crippen molar-refractivity contribution in [2.24, 2.45) is 5.41 Å². The van der Waals surface area contributed by atoms with E-state index in [2.05, 4.69) is 41.5 Å². The predicted octanol–water partition coefficient (Wildman–Crippen LogP) is 3.34. The summed E-state index contributed by atoms with van der Waals surface area (Å²) in [5.41, 5.74) is 1.59. The quantitative estimate of drug-likeness (QED) is 0.465. The SMILES string of the molecule is CN(C)CCCOc1ccc(NC(=O)C(=O)NCC(C)(C)Cc2ccccc2)cc1. The number of anilines is 1. The van der Waals surface area contributed by atoms with Gasteiger partial charge in [-0.15, -0.1) is 0 Å². The molecule has 6 nitrogen and oxygen atoms in total. The van der Waals surface area contributed by atoms with Gasteiger partial charge in [-0.25, -0.2) is 0 Å². The van der Waals surface area contributed by atoms with Crippen LogP contribution in [-0.2, 0) is 16.0 Å².